The van der Waals surface area contributed by atoms with Crippen LogP contribution in [-0.2, 0) is 10.2 Å². The molecular formula is C16H25NO. The molecule has 0 bridgehead atoms. The molecule has 1 aliphatic rings. The van der Waals surface area contributed by atoms with E-state index in [9.17, 15) is 0 Å². The summed E-state index contributed by atoms with van der Waals surface area (Å²) in [4.78, 5) is 0. The van der Waals surface area contributed by atoms with Crippen LogP contribution in [0.15, 0.2) is 18.2 Å². The van der Waals surface area contributed by atoms with Crippen molar-refractivity contribution in [3.63, 3.8) is 0 Å². The maximum atomic E-state index is 5.05. The number of benzene rings is 1. The van der Waals surface area contributed by atoms with Gasteiger partial charge in [-0.1, -0.05) is 30.7 Å². The Bertz CT molecular complexity index is 416. The first-order valence-electron chi connectivity index (χ1n) is 6.85. The highest BCUT2D eigenvalue weighted by Crippen LogP contribution is 2.54. The third-order valence-electron chi connectivity index (χ3n) is 4.29. The van der Waals surface area contributed by atoms with Crippen molar-refractivity contribution in [2.24, 2.45) is 5.92 Å². The summed E-state index contributed by atoms with van der Waals surface area (Å²) < 4.78 is 5.05. The van der Waals surface area contributed by atoms with Gasteiger partial charge in [0.25, 0.3) is 0 Å². The minimum atomic E-state index is 0.385. The van der Waals surface area contributed by atoms with E-state index < -0.39 is 0 Å². The number of hydrogen-bond acceptors (Lipinski definition) is 2. The minimum absolute atomic E-state index is 0.385. The van der Waals surface area contributed by atoms with Crippen molar-refractivity contribution < 1.29 is 4.74 Å². The van der Waals surface area contributed by atoms with E-state index in [0.29, 0.717) is 5.41 Å². The molecule has 1 aromatic rings. The summed E-state index contributed by atoms with van der Waals surface area (Å²) in [6.07, 6.45) is 1.30. The number of ether oxygens (including phenoxy) is 1. The largest absolute Gasteiger partial charge is 0.383 e. The molecule has 2 heteroatoms. The monoisotopic (exact) mass is 247 g/mol. The standard InChI is InChI=1S/C16H25NO/c1-12-5-6-13(2)15(9-12)16(3)10-14(16)11-17-7-8-18-4/h5-6,9,14,17H,7-8,10-11H2,1-4H3. The number of rotatable bonds is 6. The molecule has 100 valence electrons. The van der Waals surface area contributed by atoms with Crippen LogP contribution in [0.5, 0.6) is 0 Å². The zero-order chi connectivity index (χ0) is 13.2. The van der Waals surface area contributed by atoms with Gasteiger partial charge in [-0.2, -0.15) is 0 Å². The predicted octanol–water partition coefficient (Wildman–Crippen LogP) is 2.82. The molecule has 0 aromatic heterocycles. The van der Waals surface area contributed by atoms with Gasteiger partial charge in [0.05, 0.1) is 6.61 Å². The Kier molecular flexibility index (Phi) is 4.08. The average Bonchev–Trinajstić information content (AvgIpc) is 3.00. The number of hydrogen-bond donors (Lipinski definition) is 1. The summed E-state index contributed by atoms with van der Waals surface area (Å²) in [6, 6.07) is 6.82. The fourth-order valence-electron chi connectivity index (χ4n) is 2.88. The van der Waals surface area contributed by atoms with Crippen LogP contribution in [0, 0.1) is 19.8 Å². The van der Waals surface area contributed by atoms with Gasteiger partial charge < -0.3 is 10.1 Å². The van der Waals surface area contributed by atoms with Gasteiger partial charge in [0.15, 0.2) is 0 Å². The van der Waals surface area contributed by atoms with Crippen molar-refractivity contribution in [2.45, 2.75) is 32.6 Å². The zero-order valence-corrected chi connectivity index (χ0v) is 12.0. The molecule has 0 saturated heterocycles. The maximum Gasteiger partial charge on any atom is 0.0587 e. The highest BCUT2D eigenvalue weighted by Gasteiger charge is 2.51. The first-order valence-corrected chi connectivity index (χ1v) is 6.85. The van der Waals surface area contributed by atoms with E-state index in [1.165, 1.54) is 17.5 Å². The smallest absolute Gasteiger partial charge is 0.0587 e. The Morgan fingerprint density at radius 3 is 2.89 bits per heavy atom. The van der Waals surface area contributed by atoms with E-state index in [1.807, 2.05) is 0 Å². The Morgan fingerprint density at radius 2 is 2.17 bits per heavy atom. The number of aryl methyl sites for hydroxylation is 2. The van der Waals surface area contributed by atoms with Crippen molar-refractivity contribution >= 4 is 0 Å². The molecule has 1 fully saturated rings. The topological polar surface area (TPSA) is 21.3 Å². The number of methoxy groups -OCH3 is 1. The Hall–Kier alpha value is -0.860. The molecule has 18 heavy (non-hydrogen) atoms. The summed E-state index contributed by atoms with van der Waals surface area (Å²) in [7, 11) is 1.75. The van der Waals surface area contributed by atoms with E-state index in [-0.39, 0.29) is 0 Å². The summed E-state index contributed by atoms with van der Waals surface area (Å²) in [5.74, 6) is 0.773. The lowest BCUT2D eigenvalue weighted by Gasteiger charge is -2.16. The Balaban J connectivity index is 1.95. The molecule has 2 nitrogen and oxygen atoms in total. The van der Waals surface area contributed by atoms with Crippen LogP contribution >= 0.6 is 0 Å². The van der Waals surface area contributed by atoms with E-state index in [0.717, 1.165) is 25.6 Å². The van der Waals surface area contributed by atoms with Crippen LogP contribution in [0.1, 0.15) is 30.0 Å². The van der Waals surface area contributed by atoms with Crippen molar-refractivity contribution in [1.82, 2.24) is 5.32 Å². The van der Waals surface area contributed by atoms with Crippen molar-refractivity contribution in [2.75, 3.05) is 26.8 Å². The molecular weight excluding hydrogens is 222 g/mol. The molecule has 1 N–H and O–H groups in total. The van der Waals surface area contributed by atoms with Crippen LogP contribution < -0.4 is 5.32 Å². The van der Waals surface area contributed by atoms with Gasteiger partial charge in [-0.3, -0.25) is 0 Å². The van der Waals surface area contributed by atoms with Gasteiger partial charge in [0, 0.05) is 13.7 Å². The molecule has 0 radical (unpaired) electrons. The molecule has 1 saturated carbocycles. The first kappa shape index (κ1) is 13.6. The molecule has 0 aliphatic heterocycles. The summed E-state index contributed by atoms with van der Waals surface area (Å²) in [5, 5.41) is 3.48. The van der Waals surface area contributed by atoms with Crippen molar-refractivity contribution in [3.8, 4) is 0 Å². The normalized spacial score (nSPS) is 26.3. The second-order valence-corrected chi connectivity index (χ2v) is 5.83. The third-order valence-corrected chi connectivity index (χ3v) is 4.29. The van der Waals surface area contributed by atoms with E-state index in [2.05, 4.69) is 44.3 Å². The van der Waals surface area contributed by atoms with Crippen LogP contribution in [0.4, 0.5) is 0 Å². The second-order valence-electron chi connectivity index (χ2n) is 5.83. The van der Waals surface area contributed by atoms with Gasteiger partial charge >= 0.3 is 0 Å². The van der Waals surface area contributed by atoms with Gasteiger partial charge in [-0.05, 0) is 49.3 Å². The van der Waals surface area contributed by atoms with Crippen LogP contribution in [0.2, 0.25) is 0 Å². The third kappa shape index (κ3) is 2.76. The molecule has 2 rings (SSSR count). The van der Waals surface area contributed by atoms with Crippen molar-refractivity contribution in [1.29, 1.82) is 0 Å². The number of nitrogens with one attached hydrogen (secondary N) is 1. The lowest BCUT2D eigenvalue weighted by Crippen LogP contribution is -2.24. The fraction of sp³-hybridized carbons (Fsp3) is 0.625. The first-order chi connectivity index (χ1) is 8.58. The van der Waals surface area contributed by atoms with Crippen molar-refractivity contribution in [3.05, 3.63) is 34.9 Å². The summed E-state index contributed by atoms with van der Waals surface area (Å²) in [5.41, 5.74) is 4.73. The average molecular weight is 247 g/mol. The van der Waals surface area contributed by atoms with Gasteiger partial charge in [-0.25, -0.2) is 0 Å². The molecule has 0 amide bonds. The lowest BCUT2D eigenvalue weighted by atomic mass is 9.90. The van der Waals surface area contributed by atoms with E-state index in [1.54, 1.807) is 12.7 Å². The second kappa shape index (κ2) is 5.41. The fourth-order valence-corrected chi connectivity index (χ4v) is 2.88. The van der Waals surface area contributed by atoms with Crippen LogP contribution in [0.25, 0.3) is 0 Å². The minimum Gasteiger partial charge on any atom is -0.383 e. The Labute approximate surface area is 111 Å². The predicted molar refractivity (Wildman–Crippen MR) is 76.1 cm³/mol. The molecule has 0 spiro atoms. The highest BCUT2D eigenvalue weighted by molar-refractivity contribution is 5.41. The van der Waals surface area contributed by atoms with Gasteiger partial charge in [0.1, 0.15) is 0 Å². The summed E-state index contributed by atoms with van der Waals surface area (Å²) in [6.45, 7) is 9.67. The SMILES string of the molecule is COCCNCC1CC1(C)c1cc(C)ccc1C. The summed E-state index contributed by atoms with van der Waals surface area (Å²) >= 11 is 0. The van der Waals surface area contributed by atoms with E-state index in [4.69, 9.17) is 4.74 Å². The lowest BCUT2D eigenvalue weighted by molar-refractivity contribution is 0.199. The molecule has 0 heterocycles. The molecule has 2 atom stereocenters. The molecule has 1 aliphatic carbocycles. The highest BCUT2D eigenvalue weighted by atomic mass is 16.5. The zero-order valence-electron chi connectivity index (χ0n) is 12.0. The van der Waals surface area contributed by atoms with E-state index >= 15 is 0 Å². The van der Waals surface area contributed by atoms with Gasteiger partial charge in [-0.15, -0.1) is 0 Å². The van der Waals surface area contributed by atoms with Crippen LogP contribution in [-0.4, -0.2) is 26.8 Å². The maximum absolute atomic E-state index is 5.05. The Morgan fingerprint density at radius 1 is 1.39 bits per heavy atom. The molecule has 2 unspecified atom stereocenters. The van der Waals surface area contributed by atoms with Gasteiger partial charge in [0.2, 0.25) is 0 Å². The van der Waals surface area contributed by atoms with Crippen LogP contribution in [0.3, 0.4) is 0 Å². The molecule has 1 aromatic carbocycles. The quantitative estimate of drug-likeness (QED) is 0.781.